The normalized spacial score (nSPS) is 12.3. The molecule has 0 saturated heterocycles. The smallest absolute Gasteiger partial charge is 0.262 e. The third-order valence-electron chi connectivity index (χ3n) is 2.93. The summed E-state index contributed by atoms with van der Waals surface area (Å²) in [5.41, 5.74) is 0.509. The lowest BCUT2D eigenvalue weighted by Gasteiger charge is -2.12. The van der Waals surface area contributed by atoms with Crippen LogP contribution in [0.5, 0.6) is 11.5 Å². The molecule has 7 heteroatoms. The van der Waals surface area contributed by atoms with Crippen molar-refractivity contribution in [3.8, 4) is 17.6 Å². The van der Waals surface area contributed by atoms with Crippen molar-refractivity contribution in [3.63, 3.8) is 0 Å². The van der Waals surface area contributed by atoms with Crippen LogP contribution in [-0.2, 0) is 9.53 Å². The number of methoxy groups -OCH3 is 3. The van der Waals surface area contributed by atoms with E-state index >= 15 is 0 Å². The quantitative estimate of drug-likeness (QED) is 0.610. The van der Waals surface area contributed by atoms with Crippen molar-refractivity contribution in [1.29, 1.82) is 5.26 Å². The Kier molecular flexibility index (Phi) is 7.39. The van der Waals surface area contributed by atoms with Crippen LogP contribution in [0.3, 0.4) is 0 Å². The summed E-state index contributed by atoms with van der Waals surface area (Å²) < 4.78 is 15.3. The molecule has 1 amide bonds. The standard InChI is InChI=1S/C16H19ClN2O4/c1-10(9-21-2)19-16(20)12(8-18)5-11-6-13(17)15(23-4)14(7-11)22-3/h5-7,10H,9H2,1-4H3,(H,19,20)/b12-5+. The highest BCUT2D eigenvalue weighted by Gasteiger charge is 2.14. The van der Waals surface area contributed by atoms with Gasteiger partial charge in [0.05, 0.1) is 25.8 Å². The van der Waals surface area contributed by atoms with Gasteiger partial charge in [-0.1, -0.05) is 11.6 Å². The highest BCUT2D eigenvalue weighted by atomic mass is 35.5. The van der Waals surface area contributed by atoms with Crippen molar-refractivity contribution >= 4 is 23.6 Å². The lowest BCUT2D eigenvalue weighted by molar-refractivity contribution is -0.117. The molecule has 0 radical (unpaired) electrons. The van der Waals surface area contributed by atoms with Crippen molar-refractivity contribution in [2.75, 3.05) is 27.9 Å². The summed E-state index contributed by atoms with van der Waals surface area (Å²) in [7, 11) is 4.49. The second kappa shape index (κ2) is 9.03. The number of nitrogens with zero attached hydrogens (tertiary/aromatic N) is 1. The van der Waals surface area contributed by atoms with Crippen LogP contribution >= 0.6 is 11.6 Å². The van der Waals surface area contributed by atoms with E-state index in [0.29, 0.717) is 28.7 Å². The molecule has 0 spiro atoms. The Balaban J connectivity index is 3.09. The lowest BCUT2D eigenvalue weighted by Crippen LogP contribution is -2.36. The predicted molar refractivity (Wildman–Crippen MR) is 87.6 cm³/mol. The van der Waals surface area contributed by atoms with Crippen LogP contribution in [0.25, 0.3) is 6.08 Å². The van der Waals surface area contributed by atoms with Crippen LogP contribution < -0.4 is 14.8 Å². The number of nitrogens with one attached hydrogen (secondary N) is 1. The number of hydrogen-bond acceptors (Lipinski definition) is 5. The summed E-state index contributed by atoms with van der Waals surface area (Å²) in [6.45, 7) is 2.14. The van der Waals surface area contributed by atoms with E-state index < -0.39 is 5.91 Å². The first-order chi connectivity index (χ1) is 11.0. The van der Waals surface area contributed by atoms with Crippen molar-refractivity contribution in [2.45, 2.75) is 13.0 Å². The first-order valence-corrected chi connectivity index (χ1v) is 7.17. The summed E-state index contributed by atoms with van der Waals surface area (Å²) in [4.78, 5) is 12.1. The molecular formula is C16H19ClN2O4. The van der Waals surface area contributed by atoms with Gasteiger partial charge in [0, 0.05) is 13.2 Å². The molecule has 23 heavy (non-hydrogen) atoms. The molecule has 1 aromatic rings. The van der Waals surface area contributed by atoms with Gasteiger partial charge in [0.15, 0.2) is 11.5 Å². The second-order valence-corrected chi connectivity index (χ2v) is 5.15. The molecule has 0 aliphatic carbocycles. The molecule has 124 valence electrons. The van der Waals surface area contributed by atoms with E-state index in [0.717, 1.165) is 0 Å². The van der Waals surface area contributed by atoms with Crippen LogP contribution in [0, 0.1) is 11.3 Å². The van der Waals surface area contributed by atoms with Crippen molar-refractivity contribution < 1.29 is 19.0 Å². The van der Waals surface area contributed by atoms with Gasteiger partial charge in [-0.25, -0.2) is 0 Å². The van der Waals surface area contributed by atoms with Crippen LogP contribution in [0.2, 0.25) is 5.02 Å². The average Bonchev–Trinajstić information content (AvgIpc) is 2.51. The SMILES string of the molecule is COCC(C)NC(=O)/C(C#N)=C/c1cc(Cl)c(OC)c(OC)c1. The summed E-state index contributed by atoms with van der Waals surface area (Å²) in [6.07, 6.45) is 1.43. The third-order valence-corrected chi connectivity index (χ3v) is 3.21. The van der Waals surface area contributed by atoms with Gasteiger partial charge in [-0.2, -0.15) is 5.26 Å². The molecule has 0 bridgehead atoms. The van der Waals surface area contributed by atoms with Gasteiger partial charge in [0.1, 0.15) is 11.6 Å². The van der Waals surface area contributed by atoms with E-state index in [4.69, 9.17) is 25.8 Å². The maximum Gasteiger partial charge on any atom is 0.262 e. The van der Waals surface area contributed by atoms with Crippen LogP contribution in [0.1, 0.15) is 12.5 Å². The molecule has 0 aliphatic heterocycles. The van der Waals surface area contributed by atoms with Crippen molar-refractivity contribution in [3.05, 3.63) is 28.3 Å². The van der Waals surface area contributed by atoms with E-state index in [-0.39, 0.29) is 11.6 Å². The first-order valence-electron chi connectivity index (χ1n) is 6.79. The number of carbonyl (C=O) groups is 1. The topological polar surface area (TPSA) is 80.6 Å². The zero-order valence-electron chi connectivity index (χ0n) is 13.5. The number of hydrogen-bond donors (Lipinski definition) is 1. The largest absolute Gasteiger partial charge is 0.493 e. The molecule has 0 aliphatic rings. The fourth-order valence-corrected chi connectivity index (χ4v) is 2.23. The third kappa shape index (κ3) is 5.16. The molecule has 6 nitrogen and oxygen atoms in total. The number of amides is 1. The van der Waals surface area contributed by atoms with E-state index in [1.165, 1.54) is 27.4 Å². The number of nitriles is 1. The highest BCUT2D eigenvalue weighted by Crippen LogP contribution is 2.36. The molecule has 0 heterocycles. The Morgan fingerprint density at radius 1 is 1.39 bits per heavy atom. The Morgan fingerprint density at radius 3 is 2.61 bits per heavy atom. The molecule has 0 fully saturated rings. The molecule has 0 saturated carbocycles. The van der Waals surface area contributed by atoms with Crippen molar-refractivity contribution in [1.82, 2.24) is 5.32 Å². The van der Waals surface area contributed by atoms with Crippen LogP contribution in [0.4, 0.5) is 0 Å². The van der Waals surface area contributed by atoms with E-state index in [1.807, 2.05) is 6.07 Å². The minimum atomic E-state index is -0.483. The minimum absolute atomic E-state index is 0.0451. The summed E-state index contributed by atoms with van der Waals surface area (Å²) in [6, 6.07) is 4.89. The lowest BCUT2D eigenvalue weighted by atomic mass is 10.1. The number of benzene rings is 1. The Morgan fingerprint density at radius 2 is 2.09 bits per heavy atom. The maximum absolute atomic E-state index is 12.1. The van der Waals surface area contributed by atoms with Gasteiger partial charge < -0.3 is 19.5 Å². The molecule has 1 aromatic carbocycles. The van der Waals surface area contributed by atoms with Crippen molar-refractivity contribution in [2.24, 2.45) is 0 Å². The summed E-state index contributed by atoms with van der Waals surface area (Å²) >= 11 is 6.11. The summed E-state index contributed by atoms with van der Waals surface area (Å²) in [5.74, 6) is 0.322. The fraction of sp³-hybridized carbons (Fsp3) is 0.375. The number of carbonyl (C=O) groups excluding carboxylic acids is 1. The first kappa shape index (κ1) is 18.8. The second-order valence-electron chi connectivity index (χ2n) is 4.74. The van der Waals surface area contributed by atoms with Gasteiger partial charge in [-0.3, -0.25) is 4.79 Å². The monoisotopic (exact) mass is 338 g/mol. The highest BCUT2D eigenvalue weighted by molar-refractivity contribution is 6.32. The number of ether oxygens (including phenoxy) is 3. The van der Waals surface area contributed by atoms with Gasteiger partial charge >= 0.3 is 0 Å². The zero-order chi connectivity index (χ0) is 17.4. The molecule has 1 N–H and O–H groups in total. The molecule has 1 atom stereocenters. The minimum Gasteiger partial charge on any atom is -0.493 e. The molecule has 1 unspecified atom stereocenters. The number of rotatable bonds is 7. The molecule has 0 aromatic heterocycles. The fourth-order valence-electron chi connectivity index (χ4n) is 1.93. The van der Waals surface area contributed by atoms with Crippen LogP contribution in [-0.4, -0.2) is 39.9 Å². The molecular weight excluding hydrogens is 320 g/mol. The molecule has 1 rings (SSSR count). The summed E-state index contributed by atoms with van der Waals surface area (Å²) in [5, 5.41) is 12.2. The van der Waals surface area contributed by atoms with E-state index in [9.17, 15) is 10.1 Å². The Labute approximate surface area is 140 Å². The predicted octanol–water partition coefficient (Wildman–Crippen LogP) is 2.42. The van der Waals surface area contributed by atoms with Gasteiger partial charge in [0.25, 0.3) is 5.91 Å². The number of halogens is 1. The van der Waals surface area contributed by atoms with E-state index in [2.05, 4.69) is 5.32 Å². The average molecular weight is 339 g/mol. The van der Waals surface area contributed by atoms with Gasteiger partial charge in [-0.05, 0) is 30.7 Å². The zero-order valence-corrected chi connectivity index (χ0v) is 14.2. The van der Waals surface area contributed by atoms with E-state index in [1.54, 1.807) is 19.1 Å². The van der Waals surface area contributed by atoms with Gasteiger partial charge in [0.2, 0.25) is 0 Å². The van der Waals surface area contributed by atoms with Crippen LogP contribution in [0.15, 0.2) is 17.7 Å². The maximum atomic E-state index is 12.1. The van der Waals surface area contributed by atoms with Gasteiger partial charge in [-0.15, -0.1) is 0 Å². The Hall–Kier alpha value is -2.23. The Bertz CT molecular complexity index is 638.